The van der Waals surface area contributed by atoms with Gasteiger partial charge in [0.1, 0.15) is 6.04 Å². The molecule has 0 radical (unpaired) electrons. The molecular formula is C12H23NO3. The van der Waals surface area contributed by atoms with E-state index in [9.17, 15) is 9.59 Å². The van der Waals surface area contributed by atoms with Crippen LogP contribution in [0.3, 0.4) is 0 Å². The standard InChI is InChI=1S/C12H23NO3/c1-4-7-9(8-5-2)11(14)13-10(6-3)12(15)16/h9-10H,4-8H2,1-3H3,(H,13,14)(H,15,16). The van der Waals surface area contributed by atoms with Crippen LogP contribution in [0.15, 0.2) is 0 Å². The largest absolute Gasteiger partial charge is 0.480 e. The Bertz CT molecular complexity index is 222. The lowest BCUT2D eigenvalue weighted by Crippen LogP contribution is -2.43. The number of amides is 1. The van der Waals surface area contributed by atoms with Gasteiger partial charge in [0.15, 0.2) is 0 Å². The Morgan fingerprint density at radius 1 is 1.12 bits per heavy atom. The van der Waals surface area contributed by atoms with Crippen LogP contribution in [0.25, 0.3) is 0 Å². The van der Waals surface area contributed by atoms with Gasteiger partial charge in [-0.25, -0.2) is 4.79 Å². The van der Waals surface area contributed by atoms with Gasteiger partial charge in [0.25, 0.3) is 0 Å². The van der Waals surface area contributed by atoms with Crippen molar-refractivity contribution in [2.24, 2.45) is 5.92 Å². The highest BCUT2D eigenvalue weighted by molar-refractivity contribution is 5.84. The molecule has 0 heterocycles. The van der Waals surface area contributed by atoms with Gasteiger partial charge in [-0.1, -0.05) is 33.6 Å². The van der Waals surface area contributed by atoms with Crippen LogP contribution in [-0.2, 0) is 9.59 Å². The molecule has 0 spiro atoms. The summed E-state index contributed by atoms with van der Waals surface area (Å²) >= 11 is 0. The third-order valence-corrected chi connectivity index (χ3v) is 2.67. The van der Waals surface area contributed by atoms with Crippen molar-refractivity contribution >= 4 is 11.9 Å². The van der Waals surface area contributed by atoms with Gasteiger partial charge < -0.3 is 10.4 Å². The van der Waals surface area contributed by atoms with Crippen molar-refractivity contribution in [3.63, 3.8) is 0 Å². The van der Waals surface area contributed by atoms with Gasteiger partial charge in [-0.05, 0) is 19.3 Å². The van der Waals surface area contributed by atoms with Crippen LogP contribution in [0.1, 0.15) is 52.9 Å². The van der Waals surface area contributed by atoms with Crippen LogP contribution in [0.2, 0.25) is 0 Å². The molecule has 0 aromatic rings. The lowest BCUT2D eigenvalue weighted by atomic mass is 9.97. The lowest BCUT2D eigenvalue weighted by Gasteiger charge is -2.18. The zero-order valence-electron chi connectivity index (χ0n) is 10.5. The molecule has 94 valence electrons. The first kappa shape index (κ1) is 14.9. The minimum absolute atomic E-state index is 0.0385. The van der Waals surface area contributed by atoms with Crippen LogP contribution >= 0.6 is 0 Å². The van der Waals surface area contributed by atoms with Crippen molar-refractivity contribution < 1.29 is 14.7 Å². The molecule has 0 bridgehead atoms. The zero-order valence-corrected chi connectivity index (χ0v) is 10.5. The third-order valence-electron chi connectivity index (χ3n) is 2.67. The summed E-state index contributed by atoms with van der Waals surface area (Å²) in [7, 11) is 0. The molecule has 0 aromatic carbocycles. The number of carboxylic acid groups (broad SMARTS) is 1. The number of rotatable bonds is 8. The van der Waals surface area contributed by atoms with Crippen molar-refractivity contribution in [3.05, 3.63) is 0 Å². The molecule has 4 heteroatoms. The Morgan fingerprint density at radius 3 is 1.94 bits per heavy atom. The van der Waals surface area contributed by atoms with Crippen LogP contribution in [-0.4, -0.2) is 23.0 Å². The van der Waals surface area contributed by atoms with E-state index in [2.05, 4.69) is 5.32 Å². The normalized spacial score (nSPS) is 12.5. The van der Waals surface area contributed by atoms with E-state index >= 15 is 0 Å². The Labute approximate surface area is 97.4 Å². The maximum atomic E-state index is 11.8. The van der Waals surface area contributed by atoms with Gasteiger partial charge in [0.05, 0.1) is 0 Å². The summed E-state index contributed by atoms with van der Waals surface area (Å²) in [6.45, 7) is 5.82. The van der Waals surface area contributed by atoms with Crippen molar-refractivity contribution in [2.45, 2.75) is 58.9 Å². The van der Waals surface area contributed by atoms with Gasteiger partial charge in [-0.2, -0.15) is 0 Å². The van der Waals surface area contributed by atoms with E-state index in [0.29, 0.717) is 6.42 Å². The number of carbonyl (C=O) groups is 2. The number of hydrogen-bond acceptors (Lipinski definition) is 2. The molecule has 16 heavy (non-hydrogen) atoms. The summed E-state index contributed by atoms with van der Waals surface area (Å²) in [6.07, 6.45) is 3.97. The van der Waals surface area contributed by atoms with E-state index in [-0.39, 0.29) is 11.8 Å². The van der Waals surface area contributed by atoms with E-state index in [1.54, 1.807) is 6.92 Å². The topological polar surface area (TPSA) is 66.4 Å². The van der Waals surface area contributed by atoms with Crippen LogP contribution in [0.4, 0.5) is 0 Å². The first-order valence-corrected chi connectivity index (χ1v) is 6.09. The lowest BCUT2D eigenvalue weighted by molar-refractivity contribution is -0.142. The van der Waals surface area contributed by atoms with Gasteiger partial charge in [0, 0.05) is 5.92 Å². The van der Waals surface area contributed by atoms with E-state index < -0.39 is 12.0 Å². The quantitative estimate of drug-likeness (QED) is 0.670. The molecule has 0 saturated heterocycles. The smallest absolute Gasteiger partial charge is 0.326 e. The highest BCUT2D eigenvalue weighted by Gasteiger charge is 2.22. The summed E-state index contributed by atoms with van der Waals surface area (Å²) in [5.74, 6) is -1.11. The Morgan fingerprint density at radius 2 is 1.62 bits per heavy atom. The predicted octanol–water partition coefficient (Wildman–Crippen LogP) is 2.18. The second kappa shape index (κ2) is 8.13. The highest BCUT2D eigenvalue weighted by atomic mass is 16.4. The average molecular weight is 229 g/mol. The summed E-state index contributed by atoms with van der Waals surface area (Å²) in [5, 5.41) is 11.4. The number of carbonyl (C=O) groups excluding carboxylic acids is 1. The van der Waals surface area contributed by atoms with E-state index in [4.69, 9.17) is 5.11 Å². The number of nitrogens with one attached hydrogen (secondary N) is 1. The van der Waals surface area contributed by atoms with E-state index in [1.165, 1.54) is 0 Å². The highest BCUT2D eigenvalue weighted by Crippen LogP contribution is 2.14. The molecule has 0 rings (SSSR count). The fraction of sp³-hybridized carbons (Fsp3) is 0.833. The summed E-state index contributed by atoms with van der Waals surface area (Å²) in [6, 6.07) is -0.747. The minimum atomic E-state index is -0.956. The molecule has 0 aliphatic heterocycles. The third kappa shape index (κ3) is 5.14. The molecule has 0 aliphatic rings. The molecular weight excluding hydrogens is 206 g/mol. The maximum absolute atomic E-state index is 11.8. The van der Waals surface area contributed by atoms with Gasteiger partial charge in [-0.15, -0.1) is 0 Å². The average Bonchev–Trinajstić information content (AvgIpc) is 2.24. The summed E-state index contributed by atoms with van der Waals surface area (Å²) in [5.41, 5.74) is 0. The molecule has 0 saturated carbocycles. The van der Waals surface area contributed by atoms with Crippen LogP contribution in [0, 0.1) is 5.92 Å². The number of hydrogen-bond donors (Lipinski definition) is 2. The van der Waals surface area contributed by atoms with Crippen LogP contribution < -0.4 is 5.32 Å². The SMILES string of the molecule is CCCC(CCC)C(=O)NC(CC)C(=O)O. The molecule has 4 nitrogen and oxygen atoms in total. The molecule has 1 atom stereocenters. The predicted molar refractivity (Wildman–Crippen MR) is 63.2 cm³/mol. The second-order valence-electron chi connectivity index (χ2n) is 4.08. The number of carboxylic acids is 1. The van der Waals surface area contributed by atoms with Crippen LogP contribution in [0.5, 0.6) is 0 Å². The van der Waals surface area contributed by atoms with Crippen molar-refractivity contribution in [2.75, 3.05) is 0 Å². The number of aliphatic carboxylic acids is 1. The Hall–Kier alpha value is -1.06. The Kier molecular flexibility index (Phi) is 7.60. The fourth-order valence-corrected chi connectivity index (χ4v) is 1.73. The van der Waals surface area contributed by atoms with Gasteiger partial charge >= 0.3 is 5.97 Å². The van der Waals surface area contributed by atoms with Crippen molar-refractivity contribution in [1.82, 2.24) is 5.32 Å². The summed E-state index contributed by atoms with van der Waals surface area (Å²) < 4.78 is 0. The molecule has 1 unspecified atom stereocenters. The molecule has 1 amide bonds. The van der Waals surface area contributed by atoms with E-state index in [1.807, 2.05) is 13.8 Å². The molecule has 0 fully saturated rings. The first-order valence-electron chi connectivity index (χ1n) is 6.09. The van der Waals surface area contributed by atoms with Crippen molar-refractivity contribution in [1.29, 1.82) is 0 Å². The van der Waals surface area contributed by atoms with Gasteiger partial charge in [0.2, 0.25) is 5.91 Å². The molecule has 0 aliphatic carbocycles. The fourth-order valence-electron chi connectivity index (χ4n) is 1.73. The van der Waals surface area contributed by atoms with E-state index in [0.717, 1.165) is 25.7 Å². The monoisotopic (exact) mass is 229 g/mol. The first-order chi connectivity index (χ1) is 7.56. The Balaban J connectivity index is 4.32. The summed E-state index contributed by atoms with van der Waals surface area (Å²) in [4.78, 5) is 22.6. The molecule has 2 N–H and O–H groups in total. The molecule has 0 aromatic heterocycles. The maximum Gasteiger partial charge on any atom is 0.326 e. The van der Waals surface area contributed by atoms with Gasteiger partial charge in [-0.3, -0.25) is 4.79 Å². The minimum Gasteiger partial charge on any atom is -0.480 e. The van der Waals surface area contributed by atoms with Crippen molar-refractivity contribution in [3.8, 4) is 0 Å². The second-order valence-corrected chi connectivity index (χ2v) is 4.08. The zero-order chi connectivity index (χ0) is 12.6.